The summed E-state index contributed by atoms with van der Waals surface area (Å²) >= 11 is 1.80. The first-order valence-electron chi connectivity index (χ1n) is 7.30. The van der Waals surface area contributed by atoms with Gasteiger partial charge in [-0.25, -0.2) is 0 Å². The van der Waals surface area contributed by atoms with Crippen LogP contribution in [-0.2, 0) is 4.74 Å². The van der Waals surface area contributed by atoms with Crippen molar-refractivity contribution in [2.75, 3.05) is 18.2 Å². The molecule has 0 aliphatic heterocycles. The molecule has 2 aliphatic carbocycles. The number of ether oxygens (including phenoxy) is 1. The minimum Gasteiger partial charge on any atom is -0.382 e. The van der Waals surface area contributed by atoms with Crippen molar-refractivity contribution in [2.24, 2.45) is 5.41 Å². The van der Waals surface area contributed by atoms with Gasteiger partial charge in [0, 0.05) is 28.6 Å². The van der Waals surface area contributed by atoms with Crippen LogP contribution in [0.2, 0.25) is 0 Å². The first kappa shape index (κ1) is 13.3. The first-order valence-corrected chi connectivity index (χ1v) is 8.53. The highest BCUT2D eigenvalue weighted by Gasteiger charge is 2.58. The van der Waals surface area contributed by atoms with E-state index in [1.807, 2.05) is 0 Å². The van der Waals surface area contributed by atoms with Crippen LogP contribution in [0.15, 0.2) is 29.2 Å². The first-order chi connectivity index (χ1) is 9.28. The Morgan fingerprint density at radius 3 is 2.89 bits per heavy atom. The van der Waals surface area contributed by atoms with Gasteiger partial charge in [0.05, 0.1) is 6.10 Å². The Morgan fingerprint density at radius 1 is 1.42 bits per heavy atom. The average molecular weight is 277 g/mol. The lowest BCUT2D eigenvalue weighted by atomic mass is 9.51. The summed E-state index contributed by atoms with van der Waals surface area (Å²) in [5, 5.41) is 3.74. The van der Waals surface area contributed by atoms with Crippen molar-refractivity contribution in [3.63, 3.8) is 0 Å². The average Bonchev–Trinajstić information content (AvgIpc) is 2.36. The standard InChI is InChI=1S/C16H23NOS/c1-3-18-15-11-14(16(15)8-5-9-16)17-12-6-4-7-13(10-12)19-2/h4,6-7,10,14-15,17H,3,5,8-9,11H2,1-2H3. The van der Waals surface area contributed by atoms with E-state index >= 15 is 0 Å². The van der Waals surface area contributed by atoms with Gasteiger partial charge < -0.3 is 10.1 Å². The number of rotatable bonds is 5. The lowest BCUT2D eigenvalue weighted by Crippen LogP contribution is -2.64. The molecule has 1 spiro atoms. The van der Waals surface area contributed by atoms with Gasteiger partial charge in [0.25, 0.3) is 0 Å². The van der Waals surface area contributed by atoms with Gasteiger partial charge >= 0.3 is 0 Å². The molecule has 0 heterocycles. The van der Waals surface area contributed by atoms with Crippen LogP contribution in [0, 0.1) is 5.41 Å². The number of benzene rings is 1. The summed E-state index contributed by atoms with van der Waals surface area (Å²) in [7, 11) is 0. The second-order valence-corrected chi connectivity index (χ2v) is 6.57. The smallest absolute Gasteiger partial charge is 0.0670 e. The molecule has 1 aromatic rings. The largest absolute Gasteiger partial charge is 0.382 e. The highest BCUT2D eigenvalue weighted by molar-refractivity contribution is 7.98. The fourth-order valence-corrected chi connectivity index (χ4v) is 4.01. The second-order valence-electron chi connectivity index (χ2n) is 5.70. The fraction of sp³-hybridized carbons (Fsp3) is 0.625. The summed E-state index contributed by atoms with van der Waals surface area (Å²) in [6.07, 6.45) is 7.81. The lowest BCUT2D eigenvalue weighted by Gasteiger charge is -2.61. The van der Waals surface area contributed by atoms with Gasteiger partial charge in [0.15, 0.2) is 0 Å². The third-order valence-corrected chi connectivity index (χ3v) is 5.57. The van der Waals surface area contributed by atoms with Gasteiger partial charge in [-0.2, -0.15) is 0 Å². The van der Waals surface area contributed by atoms with Crippen LogP contribution in [0.1, 0.15) is 32.6 Å². The summed E-state index contributed by atoms with van der Waals surface area (Å²) in [5.41, 5.74) is 1.70. The topological polar surface area (TPSA) is 21.3 Å². The zero-order valence-corrected chi connectivity index (χ0v) is 12.6. The second kappa shape index (κ2) is 5.37. The number of thioether (sulfide) groups is 1. The highest BCUT2D eigenvalue weighted by atomic mass is 32.2. The van der Waals surface area contributed by atoms with Gasteiger partial charge in [-0.3, -0.25) is 0 Å². The van der Waals surface area contributed by atoms with Crippen molar-refractivity contribution < 1.29 is 4.74 Å². The molecule has 3 rings (SSSR count). The van der Waals surface area contributed by atoms with Crippen LogP contribution in [-0.4, -0.2) is 25.0 Å². The number of hydrogen-bond donors (Lipinski definition) is 1. The lowest BCUT2D eigenvalue weighted by molar-refractivity contribution is -0.157. The molecule has 1 N–H and O–H groups in total. The fourth-order valence-electron chi connectivity index (χ4n) is 3.55. The van der Waals surface area contributed by atoms with Crippen LogP contribution in [0.25, 0.3) is 0 Å². The van der Waals surface area contributed by atoms with E-state index in [1.54, 1.807) is 11.8 Å². The maximum absolute atomic E-state index is 5.90. The Bertz CT molecular complexity index is 444. The van der Waals surface area contributed by atoms with Crippen molar-refractivity contribution in [1.82, 2.24) is 0 Å². The van der Waals surface area contributed by atoms with E-state index in [0.717, 1.165) is 13.0 Å². The van der Waals surface area contributed by atoms with E-state index < -0.39 is 0 Å². The molecular formula is C16H23NOS. The maximum Gasteiger partial charge on any atom is 0.0670 e. The van der Waals surface area contributed by atoms with Crippen molar-refractivity contribution in [2.45, 2.75) is 49.6 Å². The van der Waals surface area contributed by atoms with Gasteiger partial charge in [-0.05, 0) is 50.6 Å². The molecule has 2 saturated carbocycles. The van der Waals surface area contributed by atoms with Gasteiger partial charge in [0.2, 0.25) is 0 Å². The van der Waals surface area contributed by atoms with Gasteiger partial charge in [-0.1, -0.05) is 12.5 Å². The van der Waals surface area contributed by atoms with Crippen LogP contribution in [0.5, 0.6) is 0 Å². The monoisotopic (exact) mass is 277 g/mol. The molecule has 2 unspecified atom stereocenters. The van der Waals surface area contributed by atoms with E-state index in [4.69, 9.17) is 4.74 Å². The molecule has 1 aromatic carbocycles. The third-order valence-electron chi connectivity index (χ3n) is 4.85. The summed E-state index contributed by atoms with van der Waals surface area (Å²) < 4.78 is 5.90. The van der Waals surface area contributed by atoms with Crippen LogP contribution < -0.4 is 5.32 Å². The Balaban J connectivity index is 1.67. The molecule has 0 bridgehead atoms. The molecule has 2 atom stereocenters. The third kappa shape index (κ3) is 2.27. The van der Waals surface area contributed by atoms with Crippen molar-refractivity contribution in [1.29, 1.82) is 0 Å². The molecule has 0 amide bonds. The number of anilines is 1. The minimum atomic E-state index is 0.436. The zero-order valence-electron chi connectivity index (χ0n) is 11.8. The quantitative estimate of drug-likeness (QED) is 0.816. The predicted molar refractivity (Wildman–Crippen MR) is 81.9 cm³/mol. The Kier molecular flexibility index (Phi) is 3.77. The normalized spacial score (nSPS) is 27.7. The molecule has 19 heavy (non-hydrogen) atoms. The molecule has 3 heteroatoms. The summed E-state index contributed by atoms with van der Waals surface area (Å²) in [6, 6.07) is 9.35. The van der Waals surface area contributed by atoms with E-state index in [1.165, 1.54) is 29.8 Å². The van der Waals surface area contributed by atoms with E-state index in [9.17, 15) is 0 Å². The van der Waals surface area contributed by atoms with E-state index in [2.05, 4.69) is 42.8 Å². The molecule has 2 aliphatic rings. The summed E-state index contributed by atoms with van der Waals surface area (Å²) in [5.74, 6) is 0. The molecule has 0 saturated heterocycles. The minimum absolute atomic E-state index is 0.436. The number of hydrogen-bond acceptors (Lipinski definition) is 3. The Labute approximate surface area is 120 Å². The van der Waals surface area contributed by atoms with Crippen LogP contribution in [0.4, 0.5) is 5.69 Å². The zero-order chi connectivity index (χ0) is 13.3. The molecule has 0 radical (unpaired) electrons. The van der Waals surface area contributed by atoms with E-state index in [0.29, 0.717) is 17.6 Å². The highest BCUT2D eigenvalue weighted by Crippen LogP contribution is 2.58. The molecule has 104 valence electrons. The summed E-state index contributed by atoms with van der Waals surface area (Å²) in [4.78, 5) is 1.33. The van der Waals surface area contributed by atoms with Crippen molar-refractivity contribution in [3.05, 3.63) is 24.3 Å². The Hall–Kier alpha value is -0.670. The SMILES string of the molecule is CCOC1CC(Nc2cccc(SC)c2)C12CCC2. The predicted octanol–water partition coefficient (Wildman–Crippen LogP) is 4.17. The molecular weight excluding hydrogens is 254 g/mol. The van der Waals surface area contributed by atoms with Gasteiger partial charge in [0.1, 0.15) is 0 Å². The Morgan fingerprint density at radius 2 is 2.26 bits per heavy atom. The van der Waals surface area contributed by atoms with Crippen molar-refractivity contribution >= 4 is 17.4 Å². The summed E-state index contributed by atoms with van der Waals surface area (Å²) in [6.45, 7) is 2.95. The maximum atomic E-state index is 5.90. The van der Waals surface area contributed by atoms with Crippen LogP contribution in [0.3, 0.4) is 0 Å². The molecule has 2 nitrogen and oxygen atoms in total. The van der Waals surface area contributed by atoms with E-state index in [-0.39, 0.29) is 0 Å². The van der Waals surface area contributed by atoms with Crippen molar-refractivity contribution in [3.8, 4) is 0 Å². The number of nitrogens with one attached hydrogen (secondary N) is 1. The van der Waals surface area contributed by atoms with Crippen LogP contribution >= 0.6 is 11.8 Å². The van der Waals surface area contributed by atoms with Gasteiger partial charge in [-0.15, -0.1) is 11.8 Å². The molecule has 2 fully saturated rings. The molecule has 0 aromatic heterocycles.